The second-order valence-electron chi connectivity index (χ2n) is 7.84. The highest BCUT2D eigenvalue weighted by Crippen LogP contribution is 2.52. The van der Waals surface area contributed by atoms with Gasteiger partial charge in [0, 0.05) is 28.6 Å². The van der Waals surface area contributed by atoms with Crippen LogP contribution in [0, 0.1) is 5.92 Å². The maximum Gasteiger partial charge on any atom is 0.0639 e. The molecule has 2 aromatic rings. The van der Waals surface area contributed by atoms with Gasteiger partial charge in [0.1, 0.15) is 0 Å². The van der Waals surface area contributed by atoms with Gasteiger partial charge >= 0.3 is 0 Å². The number of fused-ring (bicyclic) bond motifs is 3. The number of para-hydroxylation sites is 1. The quantitative estimate of drug-likeness (QED) is 0.605. The van der Waals surface area contributed by atoms with Crippen molar-refractivity contribution in [3.63, 3.8) is 0 Å². The zero-order chi connectivity index (χ0) is 18.7. The molecule has 1 aliphatic carbocycles. The van der Waals surface area contributed by atoms with Crippen LogP contribution in [0.25, 0.3) is 10.9 Å². The van der Waals surface area contributed by atoms with Crippen molar-refractivity contribution in [2.45, 2.75) is 51.4 Å². The first-order valence-electron chi connectivity index (χ1n) is 9.68. The second kappa shape index (κ2) is 7.81. The van der Waals surface area contributed by atoms with Gasteiger partial charge in [-0.2, -0.15) is 0 Å². The number of hydrogen-bond acceptors (Lipinski definition) is 2. The summed E-state index contributed by atoms with van der Waals surface area (Å²) in [5.41, 5.74) is 6.10. The van der Waals surface area contributed by atoms with Crippen LogP contribution in [0.4, 0.5) is 0 Å². The molecule has 1 aromatic heterocycles. The van der Waals surface area contributed by atoms with Gasteiger partial charge in [-0.15, -0.1) is 0 Å². The molecule has 1 heterocycles. The Balaban J connectivity index is 1.95. The van der Waals surface area contributed by atoms with Gasteiger partial charge in [-0.05, 0) is 56.6 Å². The second-order valence-corrected chi connectivity index (χ2v) is 7.84. The maximum atomic E-state index is 9.27. The molecule has 26 heavy (non-hydrogen) atoms. The van der Waals surface area contributed by atoms with Crippen molar-refractivity contribution in [3.8, 4) is 0 Å². The van der Waals surface area contributed by atoms with Crippen LogP contribution in [0.3, 0.4) is 0 Å². The molecule has 3 N–H and O–H groups in total. The summed E-state index contributed by atoms with van der Waals surface area (Å²) in [5, 5.41) is 19.8. The monoisotopic (exact) mass is 353 g/mol. The molecule has 0 amide bonds. The minimum absolute atomic E-state index is 0.0928. The van der Waals surface area contributed by atoms with Gasteiger partial charge in [0.15, 0.2) is 0 Å². The first kappa shape index (κ1) is 18.9. The van der Waals surface area contributed by atoms with Crippen molar-refractivity contribution in [2.24, 2.45) is 5.92 Å². The van der Waals surface area contributed by atoms with E-state index in [1.807, 2.05) is 6.92 Å². The molecular formula is C23H31NO2. The molecule has 3 nitrogen and oxygen atoms in total. The Morgan fingerprint density at radius 1 is 1.35 bits per heavy atom. The number of nitrogens with one attached hydrogen (secondary N) is 1. The Hall–Kier alpha value is -1.84. The number of allylic oxidation sites excluding steroid dienone is 2. The van der Waals surface area contributed by atoms with Crippen molar-refractivity contribution in [1.82, 2.24) is 4.98 Å². The fourth-order valence-electron chi connectivity index (χ4n) is 4.51. The molecule has 0 spiro atoms. The summed E-state index contributed by atoms with van der Waals surface area (Å²) in [6, 6.07) is 8.54. The minimum Gasteiger partial charge on any atom is -0.396 e. The third kappa shape index (κ3) is 3.26. The van der Waals surface area contributed by atoms with Crippen LogP contribution in [0.15, 0.2) is 48.1 Å². The van der Waals surface area contributed by atoms with Gasteiger partial charge in [-0.1, -0.05) is 48.9 Å². The summed E-state index contributed by atoms with van der Waals surface area (Å²) in [7, 11) is 0. The van der Waals surface area contributed by atoms with Crippen LogP contribution in [0.1, 0.15) is 50.8 Å². The highest BCUT2D eigenvalue weighted by Gasteiger charge is 2.46. The molecule has 140 valence electrons. The SMILES string of the molecule is C=C(CCCO)[C@@]1(C)c2[nH]c3ccccc3c2C[C@@H]1CC/C=C(\C)CO. The lowest BCUT2D eigenvalue weighted by Gasteiger charge is -2.34. The van der Waals surface area contributed by atoms with Crippen molar-refractivity contribution < 1.29 is 10.2 Å². The van der Waals surface area contributed by atoms with Gasteiger partial charge in [-0.3, -0.25) is 0 Å². The van der Waals surface area contributed by atoms with Crippen LogP contribution < -0.4 is 0 Å². The third-order valence-electron chi connectivity index (χ3n) is 6.23. The summed E-state index contributed by atoms with van der Waals surface area (Å²) < 4.78 is 0. The molecule has 1 aromatic carbocycles. The van der Waals surface area contributed by atoms with E-state index in [0.717, 1.165) is 37.7 Å². The number of aromatic amines is 1. The summed E-state index contributed by atoms with van der Waals surface area (Å²) in [6.45, 7) is 9.07. The molecular weight excluding hydrogens is 322 g/mol. The van der Waals surface area contributed by atoms with E-state index < -0.39 is 0 Å². The molecule has 0 unspecified atom stereocenters. The first-order chi connectivity index (χ1) is 12.5. The first-order valence-corrected chi connectivity index (χ1v) is 9.68. The number of aliphatic hydroxyl groups is 2. The predicted octanol–water partition coefficient (Wildman–Crippen LogP) is 4.65. The summed E-state index contributed by atoms with van der Waals surface area (Å²) in [4.78, 5) is 3.69. The lowest BCUT2D eigenvalue weighted by atomic mass is 9.70. The Morgan fingerprint density at radius 3 is 2.85 bits per heavy atom. The largest absolute Gasteiger partial charge is 0.396 e. The lowest BCUT2D eigenvalue weighted by Crippen LogP contribution is -2.31. The number of hydrogen-bond donors (Lipinski definition) is 3. The van der Waals surface area contributed by atoms with Crippen molar-refractivity contribution >= 4 is 10.9 Å². The Bertz CT molecular complexity index is 817. The average molecular weight is 354 g/mol. The number of rotatable bonds is 8. The molecule has 0 fully saturated rings. The van der Waals surface area contributed by atoms with E-state index in [0.29, 0.717) is 5.92 Å². The molecule has 3 rings (SSSR count). The zero-order valence-electron chi connectivity index (χ0n) is 16.0. The molecule has 0 radical (unpaired) electrons. The summed E-state index contributed by atoms with van der Waals surface area (Å²) in [6.07, 6.45) is 6.87. The Morgan fingerprint density at radius 2 is 2.12 bits per heavy atom. The van der Waals surface area contributed by atoms with Crippen molar-refractivity contribution in [1.29, 1.82) is 0 Å². The topological polar surface area (TPSA) is 56.2 Å². The van der Waals surface area contributed by atoms with E-state index in [2.05, 4.69) is 48.8 Å². The fraction of sp³-hybridized carbons (Fsp3) is 0.478. The molecule has 0 saturated carbocycles. The molecule has 0 aliphatic heterocycles. The van der Waals surface area contributed by atoms with Crippen molar-refractivity contribution in [3.05, 3.63) is 59.3 Å². The van der Waals surface area contributed by atoms with E-state index in [-0.39, 0.29) is 18.6 Å². The van der Waals surface area contributed by atoms with Gasteiger partial charge < -0.3 is 15.2 Å². The van der Waals surface area contributed by atoms with Gasteiger partial charge in [0.05, 0.1) is 6.61 Å². The molecule has 0 bridgehead atoms. The number of benzene rings is 1. The van der Waals surface area contributed by atoms with Crippen LogP contribution in [0.2, 0.25) is 0 Å². The fourth-order valence-corrected chi connectivity index (χ4v) is 4.51. The number of aromatic nitrogens is 1. The van der Waals surface area contributed by atoms with Crippen LogP contribution in [0.5, 0.6) is 0 Å². The number of H-pyrrole nitrogens is 1. The molecule has 3 heteroatoms. The van der Waals surface area contributed by atoms with Crippen LogP contribution in [-0.2, 0) is 11.8 Å². The lowest BCUT2D eigenvalue weighted by molar-refractivity contribution is 0.279. The average Bonchev–Trinajstić information content (AvgIpc) is 3.15. The molecule has 1 aliphatic rings. The van der Waals surface area contributed by atoms with Crippen molar-refractivity contribution in [2.75, 3.05) is 13.2 Å². The number of aliphatic hydroxyl groups excluding tert-OH is 2. The smallest absolute Gasteiger partial charge is 0.0639 e. The highest BCUT2D eigenvalue weighted by molar-refractivity contribution is 5.86. The maximum absolute atomic E-state index is 9.27. The highest BCUT2D eigenvalue weighted by atomic mass is 16.3. The zero-order valence-corrected chi connectivity index (χ0v) is 16.0. The van der Waals surface area contributed by atoms with E-state index in [4.69, 9.17) is 0 Å². The van der Waals surface area contributed by atoms with Crippen LogP contribution in [-0.4, -0.2) is 28.4 Å². The normalized spacial score (nSPS) is 22.8. The molecule has 2 atom stereocenters. The standard InChI is InChI=1S/C23H31NO2/c1-16(15-26)8-6-10-18-14-20-19-11-4-5-12-21(19)24-22(20)23(18,3)17(2)9-7-13-25/h4-5,8,11-12,18,24-26H,2,6-7,9-10,13-15H2,1,3H3/b16-8+/t18-,23+/m0/s1. The van der Waals surface area contributed by atoms with E-state index in [9.17, 15) is 10.2 Å². The van der Waals surface area contributed by atoms with Gasteiger partial charge in [0.25, 0.3) is 0 Å². The van der Waals surface area contributed by atoms with Gasteiger partial charge in [0.2, 0.25) is 0 Å². The summed E-state index contributed by atoms with van der Waals surface area (Å²) >= 11 is 0. The summed E-state index contributed by atoms with van der Waals surface area (Å²) in [5.74, 6) is 0.488. The van der Waals surface area contributed by atoms with Gasteiger partial charge in [-0.25, -0.2) is 0 Å². The Labute approximate surface area is 156 Å². The predicted molar refractivity (Wildman–Crippen MR) is 108 cm³/mol. The van der Waals surface area contributed by atoms with E-state index in [1.54, 1.807) is 0 Å². The minimum atomic E-state index is -0.0928. The van der Waals surface area contributed by atoms with Crippen LogP contribution >= 0.6 is 0 Å². The third-order valence-corrected chi connectivity index (χ3v) is 6.23. The molecule has 0 saturated heterocycles. The van der Waals surface area contributed by atoms with E-state index >= 15 is 0 Å². The Kier molecular flexibility index (Phi) is 5.69. The van der Waals surface area contributed by atoms with E-state index in [1.165, 1.54) is 27.7 Å².